The molecule has 0 spiro atoms. The van der Waals surface area contributed by atoms with Gasteiger partial charge in [0.25, 0.3) is 10.0 Å². The molecule has 132 valence electrons. The lowest BCUT2D eigenvalue weighted by Crippen LogP contribution is -2.13. The van der Waals surface area contributed by atoms with Crippen LogP contribution >= 0.6 is 0 Å². The highest BCUT2D eigenvalue weighted by Gasteiger charge is 2.20. The fourth-order valence-electron chi connectivity index (χ4n) is 2.46. The number of nitrogens with one attached hydrogen (secondary N) is 2. The van der Waals surface area contributed by atoms with Gasteiger partial charge in [-0.15, -0.1) is 0 Å². The van der Waals surface area contributed by atoms with Crippen molar-refractivity contribution in [3.05, 3.63) is 77.6 Å². The summed E-state index contributed by atoms with van der Waals surface area (Å²) in [5, 5.41) is 8.75. The standard InChI is InChI=1S/C18H15FN4O2S/c1-12(16-4-2-3-7-21-16)18-9-14(11-22-18)26(24,25)23-17-6-5-13(10-20)8-15(17)19/h2-9,11-12,22-23H,1H3. The molecule has 0 amide bonds. The molecule has 0 radical (unpaired) electrons. The van der Waals surface area contributed by atoms with Gasteiger partial charge in [0.15, 0.2) is 0 Å². The Morgan fingerprint density at radius 1 is 1.27 bits per heavy atom. The molecule has 1 atom stereocenters. The quantitative estimate of drug-likeness (QED) is 0.719. The van der Waals surface area contributed by atoms with E-state index in [1.807, 2.05) is 19.1 Å². The van der Waals surface area contributed by atoms with Crippen LogP contribution in [0.4, 0.5) is 10.1 Å². The van der Waals surface area contributed by atoms with Gasteiger partial charge in [0.1, 0.15) is 10.7 Å². The van der Waals surface area contributed by atoms with Crippen LogP contribution in [0.5, 0.6) is 0 Å². The van der Waals surface area contributed by atoms with Crippen LogP contribution in [0, 0.1) is 17.1 Å². The van der Waals surface area contributed by atoms with E-state index in [1.165, 1.54) is 24.4 Å². The highest BCUT2D eigenvalue weighted by Crippen LogP contribution is 2.25. The molecule has 1 unspecified atom stereocenters. The van der Waals surface area contributed by atoms with Gasteiger partial charge < -0.3 is 4.98 Å². The second kappa shape index (κ2) is 6.98. The van der Waals surface area contributed by atoms with Gasteiger partial charge in [-0.2, -0.15) is 5.26 Å². The van der Waals surface area contributed by atoms with E-state index in [-0.39, 0.29) is 22.1 Å². The molecule has 8 heteroatoms. The zero-order chi connectivity index (χ0) is 18.7. The normalized spacial score (nSPS) is 12.3. The lowest BCUT2D eigenvalue weighted by molar-refractivity contribution is 0.598. The van der Waals surface area contributed by atoms with E-state index in [1.54, 1.807) is 18.3 Å². The van der Waals surface area contributed by atoms with E-state index < -0.39 is 15.8 Å². The molecule has 0 aliphatic rings. The maximum atomic E-state index is 13.9. The zero-order valence-electron chi connectivity index (χ0n) is 13.8. The second-order valence-electron chi connectivity index (χ2n) is 5.68. The summed E-state index contributed by atoms with van der Waals surface area (Å²) in [7, 11) is -3.97. The van der Waals surface area contributed by atoms with E-state index >= 15 is 0 Å². The molecule has 2 heterocycles. The van der Waals surface area contributed by atoms with E-state index in [0.717, 1.165) is 11.8 Å². The third kappa shape index (κ3) is 3.58. The number of pyridine rings is 1. The van der Waals surface area contributed by atoms with Crippen molar-refractivity contribution < 1.29 is 12.8 Å². The largest absolute Gasteiger partial charge is 0.363 e. The second-order valence-corrected chi connectivity index (χ2v) is 7.36. The smallest absolute Gasteiger partial charge is 0.263 e. The Morgan fingerprint density at radius 3 is 2.73 bits per heavy atom. The number of sulfonamides is 1. The van der Waals surface area contributed by atoms with Gasteiger partial charge in [0.05, 0.1) is 17.3 Å². The fraction of sp³-hybridized carbons (Fsp3) is 0.111. The van der Waals surface area contributed by atoms with Crippen LogP contribution in [-0.4, -0.2) is 18.4 Å². The molecular formula is C18H15FN4O2S. The summed E-state index contributed by atoms with van der Waals surface area (Å²) in [5.74, 6) is -0.947. The summed E-state index contributed by atoms with van der Waals surface area (Å²) in [6.45, 7) is 1.90. The molecule has 0 saturated heterocycles. The van der Waals surface area contributed by atoms with Crippen molar-refractivity contribution in [1.29, 1.82) is 5.26 Å². The lowest BCUT2D eigenvalue weighted by atomic mass is 10.0. The summed E-state index contributed by atoms with van der Waals surface area (Å²) >= 11 is 0. The number of hydrogen-bond acceptors (Lipinski definition) is 4. The van der Waals surface area contributed by atoms with Crippen LogP contribution in [0.3, 0.4) is 0 Å². The topological polar surface area (TPSA) is 98.6 Å². The van der Waals surface area contributed by atoms with Crippen LogP contribution in [-0.2, 0) is 10.0 Å². The summed E-state index contributed by atoms with van der Waals surface area (Å²) in [5.41, 5.74) is 1.36. The van der Waals surface area contributed by atoms with Gasteiger partial charge in [-0.3, -0.25) is 9.71 Å². The van der Waals surface area contributed by atoms with Crippen LogP contribution in [0.1, 0.15) is 29.8 Å². The van der Waals surface area contributed by atoms with Crippen molar-refractivity contribution in [1.82, 2.24) is 9.97 Å². The number of rotatable bonds is 5. The summed E-state index contributed by atoms with van der Waals surface area (Å²) < 4.78 is 41.1. The fourth-order valence-corrected chi connectivity index (χ4v) is 3.53. The van der Waals surface area contributed by atoms with Crippen molar-refractivity contribution in [2.45, 2.75) is 17.7 Å². The van der Waals surface area contributed by atoms with Gasteiger partial charge >= 0.3 is 0 Å². The molecule has 2 aromatic heterocycles. The number of nitrogens with zero attached hydrogens (tertiary/aromatic N) is 2. The van der Waals surface area contributed by atoms with E-state index in [0.29, 0.717) is 5.69 Å². The van der Waals surface area contributed by atoms with Crippen molar-refractivity contribution in [2.75, 3.05) is 4.72 Å². The first-order valence-electron chi connectivity index (χ1n) is 7.72. The Labute approximate surface area is 150 Å². The minimum atomic E-state index is -3.97. The molecule has 0 bridgehead atoms. The average molecular weight is 370 g/mol. The first kappa shape index (κ1) is 17.6. The number of aromatic nitrogens is 2. The zero-order valence-corrected chi connectivity index (χ0v) is 14.6. The van der Waals surface area contributed by atoms with Crippen molar-refractivity contribution in [3.8, 4) is 6.07 Å². The third-order valence-electron chi connectivity index (χ3n) is 3.93. The lowest BCUT2D eigenvalue weighted by Gasteiger charge is -2.09. The van der Waals surface area contributed by atoms with Crippen LogP contribution < -0.4 is 4.72 Å². The first-order chi connectivity index (χ1) is 12.4. The minimum absolute atomic E-state index is 0.0148. The maximum absolute atomic E-state index is 13.9. The molecule has 1 aromatic carbocycles. The predicted molar refractivity (Wildman–Crippen MR) is 94.5 cm³/mol. The molecule has 3 rings (SSSR count). The highest BCUT2D eigenvalue weighted by molar-refractivity contribution is 7.92. The summed E-state index contributed by atoms with van der Waals surface area (Å²) in [4.78, 5) is 7.18. The molecule has 3 aromatic rings. The Bertz CT molecular complexity index is 1070. The average Bonchev–Trinajstić information content (AvgIpc) is 3.14. The molecule has 6 nitrogen and oxygen atoms in total. The third-order valence-corrected chi connectivity index (χ3v) is 5.27. The Kier molecular flexibility index (Phi) is 4.73. The molecule has 2 N–H and O–H groups in total. The number of anilines is 1. The van der Waals surface area contributed by atoms with E-state index in [2.05, 4.69) is 14.7 Å². The monoisotopic (exact) mass is 370 g/mol. The van der Waals surface area contributed by atoms with Crippen molar-refractivity contribution in [3.63, 3.8) is 0 Å². The highest BCUT2D eigenvalue weighted by atomic mass is 32.2. The number of hydrogen-bond donors (Lipinski definition) is 2. The molecule has 0 saturated carbocycles. The predicted octanol–water partition coefficient (Wildman–Crippen LogP) is 3.37. The van der Waals surface area contributed by atoms with E-state index in [9.17, 15) is 12.8 Å². The van der Waals surface area contributed by atoms with Gasteiger partial charge in [-0.05, 0) is 36.4 Å². The minimum Gasteiger partial charge on any atom is -0.363 e. The number of benzene rings is 1. The summed E-state index contributed by atoms with van der Waals surface area (Å²) in [6.07, 6.45) is 3.01. The first-order valence-corrected chi connectivity index (χ1v) is 9.21. The van der Waals surface area contributed by atoms with Gasteiger partial charge in [-0.1, -0.05) is 13.0 Å². The SMILES string of the molecule is CC(c1ccccn1)c1cc(S(=O)(=O)Nc2ccc(C#N)cc2F)c[nH]1. The molecule has 0 aliphatic heterocycles. The molecular weight excluding hydrogens is 355 g/mol. The molecule has 26 heavy (non-hydrogen) atoms. The number of nitriles is 1. The Balaban J connectivity index is 1.85. The summed E-state index contributed by atoms with van der Waals surface area (Å²) in [6, 6.07) is 12.3. The molecule has 0 aliphatic carbocycles. The Morgan fingerprint density at radius 2 is 2.08 bits per heavy atom. The van der Waals surface area contributed by atoms with Gasteiger partial charge in [-0.25, -0.2) is 12.8 Å². The molecule has 0 fully saturated rings. The van der Waals surface area contributed by atoms with Crippen LogP contribution in [0.15, 0.2) is 59.8 Å². The van der Waals surface area contributed by atoms with Crippen molar-refractivity contribution in [2.24, 2.45) is 0 Å². The van der Waals surface area contributed by atoms with Gasteiger partial charge in [0.2, 0.25) is 0 Å². The van der Waals surface area contributed by atoms with E-state index in [4.69, 9.17) is 5.26 Å². The number of halogens is 1. The van der Waals surface area contributed by atoms with Crippen molar-refractivity contribution >= 4 is 15.7 Å². The van der Waals surface area contributed by atoms with Crippen LogP contribution in [0.25, 0.3) is 0 Å². The number of aromatic amines is 1. The van der Waals surface area contributed by atoms with Crippen LogP contribution in [0.2, 0.25) is 0 Å². The Hall–Kier alpha value is -3.18. The maximum Gasteiger partial charge on any atom is 0.263 e. The van der Waals surface area contributed by atoms with Gasteiger partial charge in [0, 0.05) is 29.7 Å². The number of H-pyrrole nitrogens is 1.